The van der Waals surface area contributed by atoms with Crippen molar-refractivity contribution in [2.45, 2.75) is 39.5 Å². The number of rotatable bonds is 3. The molecule has 2 radical (unpaired) electrons. The standard InChI is InChI=1S/C13H18N.Ga/c1-9(2)11-7-6-8-12(10(3)4)13(11)14-5;/h5-10H,1-4H3;. The Labute approximate surface area is 103 Å². The van der Waals surface area contributed by atoms with E-state index >= 15 is 0 Å². The van der Waals surface area contributed by atoms with Crippen LogP contribution in [0.15, 0.2) is 23.2 Å². The fourth-order valence-corrected chi connectivity index (χ4v) is 2.05. The number of hydrogen-bond acceptors (Lipinski definition) is 1. The maximum atomic E-state index is 4.55. The van der Waals surface area contributed by atoms with E-state index in [9.17, 15) is 0 Å². The minimum absolute atomic E-state index is 0.537. The summed E-state index contributed by atoms with van der Waals surface area (Å²) in [5, 5.41) is 0. The third-order valence-electron chi connectivity index (χ3n) is 2.55. The molecule has 0 bridgehead atoms. The Morgan fingerprint density at radius 2 is 1.53 bits per heavy atom. The van der Waals surface area contributed by atoms with Crippen molar-refractivity contribution in [2.75, 3.05) is 0 Å². The summed E-state index contributed by atoms with van der Waals surface area (Å²) in [6, 6.07) is 6.52. The van der Waals surface area contributed by atoms with Crippen LogP contribution in [0.25, 0.3) is 0 Å². The first-order chi connectivity index (χ1) is 7.07. The molecule has 1 aromatic rings. The van der Waals surface area contributed by atoms with Gasteiger partial charge in [-0.1, -0.05) is 0 Å². The van der Waals surface area contributed by atoms with Crippen LogP contribution in [0, 0.1) is 0 Å². The second kappa shape index (κ2) is 5.57. The van der Waals surface area contributed by atoms with Gasteiger partial charge in [-0.3, -0.25) is 0 Å². The van der Waals surface area contributed by atoms with E-state index < -0.39 is 0 Å². The van der Waals surface area contributed by atoms with Crippen LogP contribution < -0.4 is 0 Å². The van der Waals surface area contributed by atoms with E-state index in [1.54, 1.807) is 18.6 Å². The van der Waals surface area contributed by atoms with Crippen molar-refractivity contribution in [3.05, 3.63) is 29.3 Å². The van der Waals surface area contributed by atoms with Gasteiger partial charge in [0.2, 0.25) is 0 Å². The van der Waals surface area contributed by atoms with Gasteiger partial charge in [0.25, 0.3) is 0 Å². The van der Waals surface area contributed by atoms with Crippen molar-refractivity contribution < 1.29 is 0 Å². The van der Waals surface area contributed by atoms with Gasteiger partial charge in [0.05, 0.1) is 0 Å². The molecular weight excluding hydrogens is 240 g/mol. The Morgan fingerprint density at radius 1 is 1.07 bits per heavy atom. The van der Waals surface area contributed by atoms with Gasteiger partial charge in [0.1, 0.15) is 0 Å². The molecule has 1 nitrogen and oxygen atoms in total. The van der Waals surface area contributed by atoms with E-state index in [0.717, 1.165) is 0 Å². The van der Waals surface area contributed by atoms with Gasteiger partial charge in [-0.2, -0.15) is 0 Å². The molecule has 0 saturated heterocycles. The number of benzene rings is 1. The minimum atomic E-state index is 0.537. The Morgan fingerprint density at radius 3 is 1.87 bits per heavy atom. The van der Waals surface area contributed by atoms with Crippen LogP contribution in [-0.4, -0.2) is 23.4 Å². The van der Waals surface area contributed by atoms with Gasteiger partial charge in [0, 0.05) is 0 Å². The molecule has 0 spiro atoms. The molecule has 1 rings (SSSR count). The Hall–Kier alpha value is -0.474. The van der Waals surface area contributed by atoms with Gasteiger partial charge >= 0.3 is 103 Å². The summed E-state index contributed by atoms with van der Waals surface area (Å²) < 4.78 is 1.94. The molecule has 0 aromatic heterocycles. The first kappa shape index (κ1) is 12.6. The number of nitrogens with zero attached hydrogens (tertiary/aromatic N) is 1. The zero-order valence-corrected chi connectivity index (χ0v) is 12.4. The topological polar surface area (TPSA) is 12.4 Å². The third-order valence-corrected chi connectivity index (χ3v) is 2.86. The van der Waals surface area contributed by atoms with Crippen molar-refractivity contribution >= 4 is 29.1 Å². The van der Waals surface area contributed by atoms with Gasteiger partial charge in [-0.15, -0.1) is 0 Å². The van der Waals surface area contributed by atoms with E-state index in [0.29, 0.717) is 11.8 Å². The molecule has 0 N–H and O–H groups in total. The van der Waals surface area contributed by atoms with Crippen LogP contribution in [0.5, 0.6) is 0 Å². The zero-order valence-electron chi connectivity index (χ0n) is 9.99. The van der Waals surface area contributed by atoms with Crippen molar-refractivity contribution in [1.82, 2.24) is 0 Å². The third kappa shape index (κ3) is 2.99. The van der Waals surface area contributed by atoms with Crippen LogP contribution in [0.3, 0.4) is 0 Å². The average molecular weight is 258 g/mol. The summed E-state index contributed by atoms with van der Waals surface area (Å²) in [4.78, 5) is 4.55. The van der Waals surface area contributed by atoms with Crippen molar-refractivity contribution in [1.29, 1.82) is 0 Å². The molecule has 0 fully saturated rings. The normalized spacial score (nSPS) is 11.9. The zero-order chi connectivity index (χ0) is 11.4. The average Bonchev–Trinajstić information content (AvgIpc) is 2.17. The molecular formula is C13H18GaN. The van der Waals surface area contributed by atoms with Gasteiger partial charge in [-0.25, -0.2) is 0 Å². The molecule has 0 atom stereocenters. The van der Waals surface area contributed by atoms with E-state index in [2.05, 4.69) is 50.9 Å². The van der Waals surface area contributed by atoms with Crippen LogP contribution in [-0.2, 0) is 0 Å². The second-order valence-corrected chi connectivity index (χ2v) is 5.00. The first-order valence-electron chi connectivity index (χ1n) is 5.45. The van der Waals surface area contributed by atoms with E-state index in [1.807, 2.05) is 4.77 Å². The predicted octanol–water partition coefficient (Wildman–Crippen LogP) is 3.76. The molecule has 0 unspecified atom stereocenters. The summed E-state index contributed by atoms with van der Waals surface area (Å²) >= 11 is 1.54. The number of para-hydroxylation sites is 1. The van der Waals surface area contributed by atoms with Crippen molar-refractivity contribution in [2.24, 2.45) is 4.99 Å². The first-order valence-corrected chi connectivity index (χ1v) is 6.84. The van der Waals surface area contributed by atoms with Gasteiger partial charge in [0.15, 0.2) is 0 Å². The molecule has 0 aliphatic carbocycles. The van der Waals surface area contributed by atoms with Crippen molar-refractivity contribution in [3.63, 3.8) is 0 Å². The van der Waals surface area contributed by atoms with Crippen LogP contribution in [0.2, 0.25) is 0 Å². The van der Waals surface area contributed by atoms with Gasteiger partial charge in [-0.05, 0) is 0 Å². The monoisotopic (exact) mass is 257 g/mol. The van der Waals surface area contributed by atoms with Crippen molar-refractivity contribution in [3.8, 4) is 0 Å². The van der Waals surface area contributed by atoms with E-state index in [-0.39, 0.29) is 0 Å². The molecule has 78 valence electrons. The molecule has 0 aliphatic rings. The Bertz CT molecular complexity index is 327. The molecule has 15 heavy (non-hydrogen) atoms. The van der Waals surface area contributed by atoms with E-state index in [1.165, 1.54) is 16.8 Å². The predicted molar refractivity (Wildman–Crippen MR) is 68.5 cm³/mol. The molecule has 2 heteroatoms. The fourth-order valence-electron chi connectivity index (χ4n) is 1.74. The van der Waals surface area contributed by atoms with Crippen LogP contribution in [0.1, 0.15) is 50.7 Å². The quantitative estimate of drug-likeness (QED) is 0.578. The maximum absolute atomic E-state index is 4.55. The van der Waals surface area contributed by atoms with E-state index in [4.69, 9.17) is 0 Å². The molecule has 0 saturated carbocycles. The summed E-state index contributed by atoms with van der Waals surface area (Å²) in [5.74, 6) is 1.07. The van der Waals surface area contributed by atoms with Crippen LogP contribution in [0.4, 0.5) is 5.69 Å². The summed E-state index contributed by atoms with van der Waals surface area (Å²) in [7, 11) is 0. The number of hydrogen-bond donors (Lipinski definition) is 0. The van der Waals surface area contributed by atoms with Gasteiger partial charge < -0.3 is 0 Å². The fraction of sp³-hybridized carbons (Fsp3) is 0.462. The Kier molecular flexibility index (Phi) is 4.67. The van der Waals surface area contributed by atoms with Crippen LogP contribution >= 0.6 is 0 Å². The summed E-state index contributed by atoms with van der Waals surface area (Å²) in [6.07, 6.45) is 0. The Balaban J connectivity index is 3.34. The molecule has 0 amide bonds. The summed E-state index contributed by atoms with van der Waals surface area (Å²) in [5.41, 5.74) is 3.90. The SMILES string of the molecule is CC(C)c1cccc(C(C)C)c1N=[CH][Ga]. The molecule has 0 aliphatic heterocycles. The number of aliphatic imine (C=N–C) groups is 1. The second-order valence-electron chi connectivity index (χ2n) is 4.37. The summed E-state index contributed by atoms with van der Waals surface area (Å²) in [6.45, 7) is 8.89. The molecule has 0 heterocycles. The molecule has 1 aromatic carbocycles.